The molecular weight excluding hydrogens is 218 g/mol. The summed E-state index contributed by atoms with van der Waals surface area (Å²) in [6.45, 7) is 4.62. The van der Waals surface area contributed by atoms with Gasteiger partial charge in [0.15, 0.2) is 0 Å². The number of rotatable bonds is 9. The second-order valence-electron chi connectivity index (χ2n) is 6.42. The maximum Gasteiger partial charge on any atom is 0.00672 e. The van der Waals surface area contributed by atoms with E-state index in [1.165, 1.54) is 77.0 Å². The number of nitrogens with two attached hydrogens (primary N) is 1. The van der Waals surface area contributed by atoms with E-state index in [-0.39, 0.29) is 0 Å². The zero-order valence-electron chi connectivity index (χ0n) is 12.8. The Morgan fingerprint density at radius 1 is 1.00 bits per heavy atom. The minimum atomic E-state index is 0.491. The van der Waals surface area contributed by atoms with Gasteiger partial charge in [0.05, 0.1) is 0 Å². The second kappa shape index (κ2) is 9.83. The first-order valence-electron chi connectivity index (χ1n) is 8.53. The summed E-state index contributed by atoms with van der Waals surface area (Å²) in [5.74, 6) is 1.80. The van der Waals surface area contributed by atoms with Gasteiger partial charge in [-0.1, -0.05) is 71.6 Å². The highest BCUT2D eigenvalue weighted by atomic mass is 14.6. The molecule has 0 aromatic carbocycles. The summed E-state index contributed by atoms with van der Waals surface area (Å²) in [5.41, 5.74) is 6.41. The van der Waals surface area contributed by atoms with Crippen LogP contribution >= 0.6 is 0 Å². The van der Waals surface area contributed by atoms with Crippen LogP contribution in [0.4, 0.5) is 0 Å². The third kappa shape index (κ3) is 6.22. The highest BCUT2D eigenvalue weighted by molar-refractivity contribution is 4.80. The molecule has 0 aliphatic heterocycles. The van der Waals surface area contributed by atoms with Crippen LogP contribution in [0.3, 0.4) is 0 Å². The van der Waals surface area contributed by atoms with Crippen LogP contribution in [-0.2, 0) is 0 Å². The van der Waals surface area contributed by atoms with Gasteiger partial charge in [0.2, 0.25) is 0 Å². The highest BCUT2D eigenvalue weighted by Gasteiger charge is 2.25. The van der Waals surface area contributed by atoms with Crippen molar-refractivity contribution in [3.05, 3.63) is 0 Å². The first-order chi connectivity index (χ1) is 8.77. The van der Waals surface area contributed by atoms with E-state index < -0.39 is 0 Å². The van der Waals surface area contributed by atoms with E-state index in [0.717, 1.165) is 11.8 Å². The second-order valence-corrected chi connectivity index (χ2v) is 6.42. The molecule has 1 heteroatoms. The van der Waals surface area contributed by atoms with Gasteiger partial charge in [-0.05, 0) is 31.1 Å². The standard InChI is InChI=1S/C17H35N/c1-3-5-6-7-8-9-13-17(18)16-12-10-11-15(4-2)14-16/h15-17H,3-14,18H2,1-2H3. The van der Waals surface area contributed by atoms with Crippen LogP contribution in [0.1, 0.15) is 90.9 Å². The average Bonchev–Trinajstić information content (AvgIpc) is 2.42. The molecule has 18 heavy (non-hydrogen) atoms. The summed E-state index contributed by atoms with van der Waals surface area (Å²) >= 11 is 0. The predicted octanol–water partition coefficient (Wildman–Crippen LogP) is 5.28. The lowest BCUT2D eigenvalue weighted by Gasteiger charge is -2.32. The number of hydrogen-bond acceptors (Lipinski definition) is 1. The summed E-state index contributed by atoms with van der Waals surface area (Å²) in [6.07, 6.45) is 16.7. The minimum absolute atomic E-state index is 0.491. The number of hydrogen-bond donors (Lipinski definition) is 1. The molecule has 0 aromatic heterocycles. The zero-order chi connectivity index (χ0) is 13.2. The molecule has 1 aliphatic carbocycles. The van der Waals surface area contributed by atoms with Gasteiger partial charge in [-0.2, -0.15) is 0 Å². The topological polar surface area (TPSA) is 26.0 Å². The van der Waals surface area contributed by atoms with Gasteiger partial charge in [-0.3, -0.25) is 0 Å². The van der Waals surface area contributed by atoms with E-state index in [9.17, 15) is 0 Å². The summed E-state index contributed by atoms with van der Waals surface area (Å²) in [6, 6.07) is 0.491. The monoisotopic (exact) mass is 253 g/mol. The van der Waals surface area contributed by atoms with E-state index in [4.69, 9.17) is 5.73 Å². The quantitative estimate of drug-likeness (QED) is 0.556. The molecule has 1 aliphatic rings. The summed E-state index contributed by atoms with van der Waals surface area (Å²) < 4.78 is 0. The van der Waals surface area contributed by atoms with Crippen molar-refractivity contribution in [2.24, 2.45) is 17.6 Å². The van der Waals surface area contributed by atoms with Crippen molar-refractivity contribution < 1.29 is 0 Å². The molecule has 0 aromatic rings. The molecule has 0 spiro atoms. The Morgan fingerprint density at radius 3 is 2.44 bits per heavy atom. The molecule has 3 unspecified atom stereocenters. The SMILES string of the molecule is CCCCCCCCC(N)C1CCCC(CC)C1. The lowest BCUT2D eigenvalue weighted by Crippen LogP contribution is -2.33. The van der Waals surface area contributed by atoms with Gasteiger partial charge in [0, 0.05) is 6.04 Å². The third-order valence-corrected chi connectivity index (χ3v) is 4.90. The van der Waals surface area contributed by atoms with Crippen LogP contribution in [0.5, 0.6) is 0 Å². The van der Waals surface area contributed by atoms with Gasteiger partial charge in [-0.25, -0.2) is 0 Å². The molecule has 0 radical (unpaired) electrons. The normalized spacial score (nSPS) is 26.2. The van der Waals surface area contributed by atoms with Gasteiger partial charge >= 0.3 is 0 Å². The van der Waals surface area contributed by atoms with Gasteiger partial charge in [-0.15, -0.1) is 0 Å². The van der Waals surface area contributed by atoms with E-state index in [0.29, 0.717) is 6.04 Å². The lowest BCUT2D eigenvalue weighted by atomic mass is 9.76. The third-order valence-electron chi connectivity index (χ3n) is 4.90. The van der Waals surface area contributed by atoms with Crippen molar-refractivity contribution in [1.82, 2.24) is 0 Å². The highest BCUT2D eigenvalue weighted by Crippen LogP contribution is 2.33. The largest absolute Gasteiger partial charge is 0.327 e. The Balaban J connectivity index is 2.06. The molecule has 0 heterocycles. The van der Waals surface area contributed by atoms with Crippen molar-refractivity contribution in [2.45, 2.75) is 96.9 Å². The first kappa shape index (κ1) is 16.0. The van der Waals surface area contributed by atoms with E-state index >= 15 is 0 Å². The lowest BCUT2D eigenvalue weighted by molar-refractivity contribution is 0.221. The fraction of sp³-hybridized carbons (Fsp3) is 1.00. The Hall–Kier alpha value is -0.0400. The zero-order valence-corrected chi connectivity index (χ0v) is 12.8. The van der Waals surface area contributed by atoms with Gasteiger partial charge in [0.25, 0.3) is 0 Å². The van der Waals surface area contributed by atoms with E-state index in [2.05, 4.69) is 13.8 Å². The Labute approximate surface area is 115 Å². The Bertz CT molecular complexity index is 190. The smallest absolute Gasteiger partial charge is 0.00672 e. The van der Waals surface area contributed by atoms with Crippen LogP contribution < -0.4 is 5.73 Å². The van der Waals surface area contributed by atoms with Crippen molar-refractivity contribution in [3.63, 3.8) is 0 Å². The molecule has 1 rings (SSSR count). The minimum Gasteiger partial charge on any atom is -0.327 e. The molecule has 1 fully saturated rings. The Kier molecular flexibility index (Phi) is 8.75. The Morgan fingerprint density at radius 2 is 1.72 bits per heavy atom. The van der Waals surface area contributed by atoms with Crippen LogP contribution in [0.25, 0.3) is 0 Å². The average molecular weight is 253 g/mol. The van der Waals surface area contributed by atoms with Crippen LogP contribution in [0.15, 0.2) is 0 Å². The molecule has 2 N–H and O–H groups in total. The summed E-state index contributed by atoms with van der Waals surface area (Å²) in [7, 11) is 0. The van der Waals surface area contributed by atoms with Crippen molar-refractivity contribution in [1.29, 1.82) is 0 Å². The fourth-order valence-corrected chi connectivity index (χ4v) is 3.49. The van der Waals surface area contributed by atoms with Crippen LogP contribution in [-0.4, -0.2) is 6.04 Å². The summed E-state index contributed by atoms with van der Waals surface area (Å²) in [4.78, 5) is 0. The molecular formula is C17H35N. The first-order valence-corrected chi connectivity index (χ1v) is 8.53. The van der Waals surface area contributed by atoms with Crippen LogP contribution in [0, 0.1) is 11.8 Å². The maximum atomic E-state index is 6.41. The molecule has 108 valence electrons. The molecule has 0 bridgehead atoms. The number of unbranched alkanes of at least 4 members (excludes halogenated alkanes) is 5. The molecule has 1 saturated carbocycles. The van der Waals surface area contributed by atoms with Crippen molar-refractivity contribution in [3.8, 4) is 0 Å². The van der Waals surface area contributed by atoms with E-state index in [1.807, 2.05) is 0 Å². The molecule has 1 nitrogen and oxygen atoms in total. The molecule has 0 amide bonds. The van der Waals surface area contributed by atoms with Gasteiger partial charge in [0.1, 0.15) is 0 Å². The summed E-state index contributed by atoms with van der Waals surface area (Å²) in [5, 5.41) is 0. The van der Waals surface area contributed by atoms with E-state index in [1.54, 1.807) is 0 Å². The molecule has 3 atom stereocenters. The predicted molar refractivity (Wildman–Crippen MR) is 81.7 cm³/mol. The van der Waals surface area contributed by atoms with Crippen LogP contribution in [0.2, 0.25) is 0 Å². The maximum absolute atomic E-state index is 6.41. The van der Waals surface area contributed by atoms with Gasteiger partial charge < -0.3 is 5.73 Å². The van der Waals surface area contributed by atoms with Crippen molar-refractivity contribution in [2.75, 3.05) is 0 Å². The fourth-order valence-electron chi connectivity index (χ4n) is 3.49. The molecule has 0 saturated heterocycles. The van der Waals surface area contributed by atoms with Crippen molar-refractivity contribution >= 4 is 0 Å².